The van der Waals surface area contributed by atoms with Gasteiger partial charge in [-0.05, 0) is 24.5 Å². The van der Waals surface area contributed by atoms with E-state index in [0.717, 1.165) is 23.1 Å². The van der Waals surface area contributed by atoms with E-state index >= 15 is 0 Å². The van der Waals surface area contributed by atoms with Crippen molar-refractivity contribution >= 4 is 27.5 Å². The van der Waals surface area contributed by atoms with E-state index in [4.69, 9.17) is 0 Å². The van der Waals surface area contributed by atoms with Crippen LogP contribution in [-0.4, -0.2) is 45.2 Å². The second-order valence-corrected chi connectivity index (χ2v) is 6.82. The fraction of sp³-hybridized carbons (Fsp3) is 0.500. The van der Waals surface area contributed by atoms with Crippen LogP contribution in [0, 0.1) is 5.92 Å². The molecule has 2 heterocycles. The van der Waals surface area contributed by atoms with Gasteiger partial charge in [-0.1, -0.05) is 25.5 Å². The largest absolute Gasteiger partial charge is 0.383 e. The molecule has 1 aliphatic rings. The molecule has 5 nitrogen and oxygen atoms in total. The number of nitrogens with zero attached hydrogens (tertiary/aromatic N) is 2. The van der Waals surface area contributed by atoms with Gasteiger partial charge in [0, 0.05) is 13.1 Å². The van der Waals surface area contributed by atoms with Gasteiger partial charge < -0.3 is 15.1 Å². The van der Waals surface area contributed by atoms with Crippen molar-refractivity contribution in [2.75, 3.05) is 13.1 Å². The SMILES string of the molecule is CCC1CCN(C(=O)C(O)C(O)c2nc3ccccc3s2)C1. The van der Waals surface area contributed by atoms with Gasteiger partial charge in [0.05, 0.1) is 10.2 Å². The molecule has 1 aromatic carbocycles. The zero-order chi connectivity index (χ0) is 15.7. The van der Waals surface area contributed by atoms with Crippen molar-refractivity contribution in [3.63, 3.8) is 0 Å². The Morgan fingerprint density at radius 1 is 1.45 bits per heavy atom. The normalized spacial score (nSPS) is 21.2. The summed E-state index contributed by atoms with van der Waals surface area (Å²) in [4.78, 5) is 18.3. The van der Waals surface area contributed by atoms with Crippen molar-refractivity contribution in [1.82, 2.24) is 9.88 Å². The third-order valence-corrected chi connectivity index (χ3v) is 5.40. The van der Waals surface area contributed by atoms with Crippen molar-refractivity contribution in [3.8, 4) is 0 Å². The van der Waals surface area contributed by atoms with Gasteiger partial charge in [0.15, 0.2) is 6.10 Å². The molecule has 6 heteroatoms. The van der Waals surface area contributed by atoms with Crippen LogP contribution in [0.2, 0.25) is 0 Å². The molecule has 118 valence electrons. The zero-order valence-electron chi connectivity index (χ0n) is 12.5. The van der Waals surface area contributed by atoms with E-state index in [9.17, 15) is 15.0 Å². The van der Waals surface area contributed by atoms with Gasteiger partial charge in [-0.15, -0.1) is 11.3 Å². The van der Waals surface area contributed by atoms with Crippen LogP contribution in [0.25, 0.3) is 10.2 Å². The molecular weight excluding hydrogens is 300 g/mol. The molecule has 2 N–H and O–H groups in total. The van der Waals surface area contributed by atoms with Gasteiger partial charge in [0.25, 0.3) is 5.91 Å². The number of carbonyl (C=O) groups excluding carboxylic acids is 1. The highest BCUT2D eigenvalue weighted by molar-refractivity contribution is 7.18. The number of likely N-dealkylation sites (tertiary alicyclic amines) is 1. The number of fused-ring (bicyclic) bond motifs is 1. The van der Waals surface area contributed by atoms with Crippen LogP contribution in [0.5, 0.6) is 0 Å². The number of para-hydroxylation sites is 1. The maximum atomic E-state index is 12.3. The molecule has 0 radical (unpaired) electrons. The van der Waals surface area contributed by atoms with E-state index in [-0.39, 0.29) is 0 Å². The molecule has 0 aliphatic carbocycles. The van der Waals surface area contributed by atoms with E-state index in [0.29, 0.717) is 24.0 Å². The minimum atomic E-state index is -1.45. The summed E-state index contributed by atoms with van der Waals surface area (Å²) in [6.07, 6.45) is -0.728. The number of hydrogen-bond acceptors (Lipinski definition) is 5. The van der Waals surface area contributed by atoms with Crippen LogP contribution in [-0.2, 0) is 4.79 Å². The summed E-state index contributed by atoms with van der Waals surface area (Å²) in [5.74, 6) is 0.0958. The second-order valence-electron chi connectivity index (χ2n) is 5.76. The van der Waals surface area contributed by atoms with E-state index in [1.807, 2.05) is 24.3 Å². The van der Waals surface area contributed by atoms with Crippen molar-refractivity contribution < 1.29 is 15.0 Å². The summed E-state index contributed by atoms with van der Waals surface area (Å²) in [6, 6.07) is 7.52. The summed E-state index contributed by atoms with van der Waals surface area (Å²) < 4.78 is 0.934. The summed E-state index contributed by atoms with van der Waals surface area (Å²) in [5.41, 5.74) is 0.772. The number of thiazole rings is 1. The Hall–Kier alpha value is -1.50. The molecule has 22 heavy (non-hydrogen) atoms. The third kappa shape index (κ3) is 2.86. The lowest BCUT2D eigenvalue weighted by Gasteiger charge is -2.22. The molecular formula is C16H20N2O3S. The highest BCUT2D eigenvalue weighted by Crippen LogP contribution is 2.29. The first-order chi connectivity index (χ1) is 10.6. The number of carbonyl (C=O) groups is 1. The summed E-state index contributed by atoms with van der Waals surface area (Å²) in [7, 11) is 0. The second kappa shape index (κ2) is 6.32. The fourth-order valence-electron chi connectivity index (χ4n) is 2.84. The maximum absolute atomic E-state index is 12.3. The lowest BCUT2D eigenvalue weighted by molar-refractivity contribution is -0.145. The first-order valence-corrected chi connectivity index (χ1v) is 8.42. The Kier molecular flexibility index (Phi) is 4.42. The van der Waals surface area contributed by atoms with E-state index in [1.54, 1.807) is 4.90 Å². The first kappa shape index (κ1) is 15.4. The van der Waals surface area contributed by atoms with Crippen LogP contribution in [0.3, 0.4) is 0 Å². The monoisotopic (exact) mass is 320 g/mol. The number of benzene rings is 1. The molecule has 2 aromatic rings. The Morgan fingerprint density at radius 3 is 2.91 bits per heavy atom. The standard InChI is InChI=1S/C16H20N2O3S/c1-2-10-7-8-18(9-10)16(21)14(20)13(19)15-17-11-5-3-4-6-12(11)22-15/h3-6,10,13-14,19-20H,2,7-9H2,1H3. The van der Waals surface area contributed by atoms with Crippen molar-refractivity contribution in [1.29, 1.82) is 0 Å². The number of aromatic nitrogens is 1. The highest BCUT2D eigenvalue weighted by Gasteiger charge is 2.34. The molecule has 1 fully saturated rings. The predicted molar refractivity (Wildman–Crippen MR) is 85.6 cm³/mol. The predicted octanol–water partition coefficient (Wildman–Crippen LogP) is 1.95. The van der Waals surface area contributed by atoms with Gasteiger partial charge in [0.1, 0.15) is 11.1 Å². The molecule has 0 saturated carbocycles. The molecule has 0 bridgehead atoms. The van der Waals surface area contributed by atoms with Gasteiger partial charge >= 0.3 is 0 Å². The average Bonchev–Trinajstić information content (AvgIpc) is 3.18. The molecule has 1 saturated heterocycles. The van der Waals surface area contributed by atoms with Crippen LogP contribution in [0.4, 0.5) is 0 Å². The van der Waals surface area contributed by atoms with Crippen molar-refractivity contribution in [3.05, 3.63) is 29.3 Å². The maximum Gasteiger partial charge on any atom is 0.254 e. The number of rotatable bonds is 4. The number of aliphatic hydroxyl groups is 2. The van der Waals surface area contributed by atoms with Gasteiger partial charge in [-0.25, -0.2) is 4.98 Å². The van der Waals surface area contributed by atoms with Crippen molar-refractivity contribution in [2.24, 2.45) is 5.92 Å². The molecule has 1 aliphatic heterocycles. The lowest BCUT2D eigenvalue weighted by Crippen LogP contribution is -2.40. The average molecular weight is 320 g/mol. The van der Waals surface area contributed by atoms with Crippen LogP contribution in [0.15, 0.2) is 24.3 Å². The zero-order valence-corrected chi connectivity index (χ0v) is 13.3. The van der Waals surface area contributed by atoms with Crippen LogP contribution < -0.4 is 0 Å². The minimum Gasteiger partial charge on any atom is -0.383 e. The quantitative estimate of drug-likeness (QED) is 0.903. The minimum absolute atomic E-state index is 0.383. The highest BCUT2D eigenvalue weighted by atomic mass is 32.1. The molecule has 3 rings (SSSR count). The van der Waals surface area contributed by atoms with E-state index in [2.05, 4.69) is 11.9 Å². The van der Waals surface area contributed by atoms with Crippen LogP contribution in [0.1, 0.15) is 30.9 Å². The fourth-order valence-corrected chi connectivity index (χ4v) is 3.82. The third-order valence-electron chi connectivity index (χ3n) is 4.29. The Labute approximate surface area is 133 Å². The Bertz CT molecular complexity index is 639. The van der Waals surface area contributed by atoms with E-state index < -0.39 is 18.1 Å². The Balaban J connectivity index is 1.73. The molecule has 3 unspecified atom stereocenters. The lowest BCUT2D eigenvalue weighted by atomic mass is 10.1. The Morgan fingerprint density at radius 2 is 2.23 bits per heavy atom. The summed E-state index contributed by atoms with van der Waals surface area (Å²) in [5, 5.41) is 20.9. The number of aliphatic hydroxyl groups excluding tert-OH is 2. The number of amides is 1. The van der Waals surface area contributed by atoms with Crippen molar-refractivity contribution in [2.45, 2.75) is 32.0 Å². The van der Waals surface area contributed by atoms with E-state index in [1.165, 1.54) is 11.3 Å². The van der Waals surface area contributed by atoms with Gasteiger partial charge in [0.2, 0.25) is 0 Å². The smallest absolute Gasteiger partial charge is 0.254 e. The van der Waals surface area contributed by atoms with Crippen LogP contribution >= 0.6 is 11.3 Å². The topological polar surface area (TPSA) is 73.7 Å². The molecule has 1 amide bonds. The number of hydrogen-bond donors (Lipinski definition) is 2. The first-order valence-electron chi connectivity index (χ1n) is 7.60. The molecule has 0 spiro atoms. The summed E-state index contributed by atoms with van der Waals surface area (Å²) in [6.45, 7) is 3.42. The summed E-state index contributed by atoms with van der Waals surface area (Å²) >= 11 is 1.31. The van der Waals surface area contributed by atoms with Gasteiger partial charge in [-0.3, -0.25) is 4.79 Å². The molecule has 1 aromatic heterocycles. The van der Waals surface area contributed by atoms with Gasteiger partial charge in [-0.2, -0.15) is 0 Å². The molecule has 3 atom stereocenters.